The molecule has 1 spiro atoms. The average Bonchev–Trinajstić information content (AvgIpc) is 2.76. The van der Waals surface area contributed by atoms with Gasteiger partial charge < -0.3 is 10.2 Å². The fourth-order valence-corrected chi connectivity index (χ4v) is 3.06. The number of thiazole rings is 1. The van der Waals surface area contributed by atoms with Gasteiger partial charge in [-0.1, -0.05) is 11.6 Å². The lowest BCUT2D eigenvalue weighted by molar-refractivity contribution is -0.485. The van der Waals surface area contributed by atoms with E-state index in [1.54, 1.807) is 6.20 Å². The lowest BCUT2D eigenvalue weighted by Gasteiger charge is -2.13. The molecule has 0 atom stereocenters. The highest BCUT2D eigenvalue weighted by atomic mass is 35.5. The fourth-order valence-electron chi connectivity index (χ4n) is 2.07. The van der Waals surface area contributed by atoms with E-state index in [4.69, 9.17) is 11.6 Å². The molecule has 1 saturated carbocycles. The van der Waals surface area contributed by atoms with Crippen LogP contribution in [0, 0.1) is 10.1 Å². The van der Waals surface area contributed by atoms with Gasteiger partial charge in [0.05, 0.1) is 12.1 Å². The molecular formula is C9H10ClN5O2S. The molecule has 1 saturated heterocycles. The van der Waals surface area contributed by atoms with Crippen LogP contribution >= 0.6 is 22.9 Å². The molecule has 7 nitrogen and oxygen atoms in total. The Bertz CT molecular complexity index is 527. The van der Waals surface area contributed by atoms with Gasteiger partial charge in [0.25, 0.3) is 5.96 Å². The first-order valence-corrected chi connectivity index (χ1v) is 6.62. The van der Waals surface area contributed by atoms with Crippen LogP contribution in [0.2, 0.25) is 4.47 Å². The van der Waals surface area contributed by atoms with Gasteiger partial charge in [-0.2, -0.15) is 0 Å². The lowest BCUT2D eigenvalue weighted by atomic mass is 10.3. The summed E-state index contributed by atoms with van der Waals surface area (Å²) in [5.41, 5.74) is 0.00330. The molecule has 1 aliphatic heterocycles. The summed E-state index contributed by atoms with van der Waals surface area (Å²) < 4.78 is 0.478. The number of nitrogens with one attached hydrogen (secondary N) is 1. The van der Waals surface area contributed by atoms with Gasteiger partial charge in [-0.15, -0.1) is 11.3 Å². The third-order valence-electron chi connectivity index (χ3n) is 3.07. The van der Waals surface area contributed by atoms with Crippen molar-refractivity contribution in [3.63, 3.8) is 0 Å². The second-order valence-electron chi connectivity index (χ2n) is 4.50. The Morgan fingerprint density at radius 2 is 2.50 bits per heavy atom. The van der Waals surface area contributed by atoms with Gasteiger partial charge >= 0.3 is 0 Å². The minimum absolute atomic E-state index is 0.00330. The summed E-state index contributed by atoms with van der Waals surface area (Å²) in [6.07, 6.45) is 3.75. The van der Waals surface area contributed by atoms with Crippen molar-refractivity contribution in [2.75, 3.05) is 6.54 Å². The molecule has 1 aromatic heterocycles. The number of aromatic nitrogens is 1. The number of nitro groups is 1. The second-order valence-corrected chi connectivity index (χ2v) is 6.20. The number of nitrogens with zero attached hydrogens (tertiary/aromatic N) is 4. The Hall–Kier alpha value is -1.41. The first-order chi connectivity index (χ1) is 8.56. The Balaban J connectivity index is 1.78. The van der Waals surface area contributed by atoms with Gasteiger partial charge in [-0.3, -0.25) is 0 Å². The average molecular weight is 288 g/mol. The van der Waals surface area contributed by atoms with Crippen LogP contribution in [0.25, 0.3) is 0 Å². The minimum atomic E-state index is -0.670. The van der Waals surface area contributed by atoms with Gasteiger partial charge in [0.15, 0.2) is 9.50 Å². The molecular weight excluding hydrogens is 278 g/mol. The zero-order valence-corrected chi connectivity index (χ0v) is 10.9. The minimum Gasteiger partial charge on any atom is -0.344 e. The van der Waals surface area contributed by atoms with E-state index < -0.39 is 5.03 Å². The van der Waals surface area contributed by atoms with E-state index >= 15 is 0 Å². The van der Waals surface area contributed by atoms with E-state index in [1.165, 1.54) is 11.3 Å². The largest absolute Gasteiger partial charge is 0.344 e. The summed E-state index contributed by atoms with van der Waals surface area (Å²) in [6.45, 7) is 1.29. The van der Waals surface area contributed by atoms with Crippen molar-refractivity contribution >= 4 is 28.9 Å². The van der Waals surface area contributed by atoms with Crippen molar-refractivity contribution in [3.8, 4) is 0 Å². The van der Waals surface area contributed by atoms with Crippen LogP contribution in [0.15, 0.2) is 11.3 Å². The van der Waals surface area contributed by atoms with E-state index in [-0.39, 0.29) is 5.54 Å². The SMILES string of the molecule is O=[N+]([O-])/N=C1\NC2(CC2)CN1Cc1cnc(Cl)s1. The van der Waals surface area contributed by atoms with Gasteiger partial charge in [-0.05, 0) is 12.8 Å². The molecule has 0 radical (unpaired) electrons. The molecule has 2 aliphatic rings. The first kappa shape index (κ1) is 11.7. The zero-order valence-electron chi connectivity index (χ0n) is 9.30. The van der Waals surface area contributed by atoms with Crippen molar-refractivity contribution in [3.05, 3.63) is 25.7 Å². The van der Waals surface area contributed by atoms with E-state index in [1.807, 2.05) is 4.90 Å². The van der Waals surface area contributed by atoms with Crippen LogP contribution in [0.4, 0.5) is 0 Å². The monoisotopic (exact) mass is 287 g/mol. The Morgan fingerprint density at radius 3 is 3.06 bits per heavy atom. The highest BCUT2D eigenvalue weighted by Crippen LogP contribution is 2.40. The normalized spacial score (nSPS) is 22.5. The number of hydrazone groups is 1. The Morgan fingerprint density at radius 1 is 1.72 bits per heavy atom. The van der Waals surface area contributed by atoms with Gasteiger partial charge in [0.1, 0.15) is 5.10 Å². The molecule has 9 heteroatoms. The summed E-state index contributed by atoms with van der Waals surface area (Å²) in [5, 5.41) is 16.4. The topological polar surface area (TPSA) is 83.7 Å². The quantitative estimate of drug-likeness (QED) is 0.669. The standard InChI is InChI=1S/C9H10ClN5O2S/c10-7-11-3-6(18-7)4-14-5-9(1-2-9)12-8(14)13-15(16)17/h3H,1-2,4-5H2,(H,12,13). The van der Waals surface area contributed by atoms with Gasteiger partial charge in [0, 0.05) is 17.6 Å². The smallest absolute Gasteiger partial charge is 0.272 e. The molecule has 0 bridgehead atoms. The zero-order chi connectivity index (χ0) is 12.8. The third kappa shape index (κ3) is 2.25. The van der Waals surface area contributed by atoms with Crippen LogP contribution in [0.5, 0.6) is 0 Å². The summed E-state index contributed by atoms with van der Waals surface area (Å²) in [4.78, 5) is 17.3. The molecule has 3 rings (SSSR count). The maximum absolute atomic E-state index is 10.5. The third-order valence-corrected chi connectivity index (χ3v) is 4.17. The number of rotatable bonds is 3. The predicted molar refractivity (Wildman–Crippen MR) is 67.1 cm³/mol. The molecule has 1 aliphatic carbocycles. The number of hydrogen-bond donors (Lipinski definition) is 1. The molecule has 0 amide bonds. The number of halogens is 1. The highest BCUT2D eigenvalue weighted by Gasteiger charge is 2.51. The van der Waals surface area contributed by atoms with E-state index in [9.17, 15) is 10.1 Å². The van der Waals surface area contributed by atoms with Crippen molar-refractivity contribution in [1.82, 2.24) is 15.2 Å². The summed E-state index contributed by atoms with van der Waals surface area (Å²) >= 11 is 7.15. The van der Waals surface area contributed by atoms with Crippen molar-refractivity contribution < 1.29 is 5.03 Å². The van der Waals surface area contributed by atoms with E-state index in [0.29, 0.717) is 17.0 Å². The van der Waals surface area contributed by atoms with Crippen LogP contribution in [-0.2, 0) is 6.54 Å². The summed E-state index contributed by atoms with van der Waals surface area (Å²) in [6, 6.07) is 0. The van der Waals surface area contributed by atoms with Crippen molar-refractivity contribution in [2.45, 2.75) is 24.9 Å². The van der Waals surface area contributed by atoms with Gasteiger partial charge in [0.2, 0.25) is 0 Å². The van der Waals surface area contributed by atoms with Crippen LogP contribution in [-0.4, -0.2) is 33.0 Å². The molecule has 96 valence electrons. The number of guanidine groups is 1. The molecule has 2 heterocycles. The lowest BCUT2D eigenvalue weighted by Crippen LogP contribution is -2.31. The highest BCUT2D eigenvalue weighted by molar-refractivity contribution is 7.15. The second kappa shape index (κ2) is 4.06. The molecule has 1 N–H and O–H groups in total. The molecule has 0 unspecified atom stereocenters. The summed E-state index contributed by atoms with van der Waals surface area (Å²) in [7, 11) is 0. The van der Waals surface area contributed by atoms with E-state index in [2.05, 4.69) is 15.4 Å². The maximum Gasteiger partial charge on any atom is 0.272 e. The molecule has 1 aromatic rings. The first-order valence-electron chi connectivity index (χ1n) is 5.43. The van der Waals surface area contributed by atoms with E-state index in [0.717, 1.165) is 24.3 Å². The van der Waals surface area contributed by atoms with Crippen molar-refractivity contribution in [2.24, 2.45) is 5.10 Å². The van der Waals surface area contributed by atoms with Crippen molar-refractivity contribution in [1.29, 1.82) is 0 Å². The predicted octanol–water partition coefficient (Wildman–Crippen LogP) is 1.28. The van der Waals surface area contributed by atoms with Crippen LogP contribution in [0.3, 0.4) is 0 Å². The van der Waals surface area contributed by atoms with Crippen LogP contribution in [0.1, 0.15) is 17.7 Å². The fraction of sp³-hybridized carbons (Fsp3) is 0.556. The molecule has 2 fully saturated rings. The summed E-state index contributed by atoms with van der Waals surface area (Å²) in [5.74, 6) is 0.335. The molecule has 0 aromatic carbocycles. The number of hydrogen-bond acceptors (Lipinski definition) is 4. The van der Waals surface area contributed by atoms with Gasteiger partial charge in [-0.25, -0.2) is 15.1 Å². The molecule has 18 heavy (non-hydrogen) atoms. The van der Waals surface area contributed by atoms with Crippen LogP contribution < -0.4 is 5.32 Å². The maximum atomic E-state index is 10.5. The Labute approximate surface area is 112 Å². The Kier molecular flexibility index (Phi) is 2.63.